The fraction of sp³-hybridized carbons (Fsp3) is 0.939. The second-order valence-corrected chi connectivity index (χ2v) is 22.8. The van der Waals surface area contributed by atoms with Crippen molar-refractivity contribution in [2.45, 2.75) is 386 Å². The first-order valence-electron chi connectivity index (χ1n) is 33.0. The molecule has 1 amide bonds. The number of carbonyl (C=O) groups is 2. The number of aliphatic hydroxyl groups is 2. The minimum Gasteiger partial charge on any atom is -0.466 e. The topological polar surface area (TPSA) is 95.9 Å². The number of ether oxygens (including phenoxy) is 1. The Labute approximate surface area is 450 Å². The van der Waals surface area contributed by atoms with E-state index in [0.29, 0.717) is 19.4 Å². The van der Waals surface area contributed by atoms with Gasteiger partial charge < -0.3 is 20.3 Å². The van der Waals surface area contributed by atoms with E-state index in [1.165, 1.54) is 308 Å². The van der Waals surface area contributed by atoms with Crippen molar-refractivity contribution in [2.24, 2.45) is 0 Å². The Morgan fingerprint density at radius 3 is 0.944 bits per heavy atom. The zero-order valence-electron chi connectivity index (χ0n) is 48.9. The van der Waals surface area contributed by atoms with Gasteiger partial charge in [0.2, 0.25) is 5.91 Å². The molecule has 0 saturated carbocycles. The number of hydrogen-bond donors (Lipinski definition) is 3. The smallest absolute Gasteiger partial charge is 0.305 e. The minimum atomic E-state index is -0.844. The summed E-state index contributed by atoms with van der Waals surface area (Å²) in [7, 11) is 0. The van der Waals surface area contributed by atoms with Crippen molar-refractivity contribution in [1.82, 2.24) is 5.32 Å². The largest absolute Gasteiger partial charge is 0.466 e. The second-order valence-electron chi connectivity index (χ2n) is 22.8. The van der Waals surface area contributed by atoms with Crippen molar-refractivity contribution in [1.29, 1.82) is 0 Å². The standard InChI is InChI=1S/C66H129NO5/c1-3-5-7-9-11-13-15-17-19-20-27-31-34-38-42-46-50-54-58-64(69)63(62-68)67-65(70)59-55-51-47-43-39-35-32-28-25-23-21-22-24-26-29-33-37-41-45-49-53-57-61-72-66(71)60-56-52-48-44-40-36-30-18-16-14-12-10-8-6-4-2/h54,58,63-64,68-69H,3-53,55-57,59-62H2,1-2H3,(H,67,70)/b58-54+. The second kappa shape index (κ2) is 62.1. The van der Waals surface area contributed by atoms with E-state index in [1.807, 2.05) is 6.08 Å². The minimum absolute atomic E-state index is 0.0165. The zero-order valence-corrected chi connectivity index (χ0v) is 48.9. The molecule has 0 rings (SSSR count). The Balaban J connectivity index is 3.39. The van der Waals surface area contributed by atoms with Crippen LogP contribution in [0, 0.1) is 0 Å². The molecular formula is C66H129NO5. The van der Waals surface area contributed by atoms with Crippen LogP contribution in [0.2, 0.25) is 0 Å². The summed E-state index contributed by atoms with van der Waals surface area (Å²) in [6, 6.07) is -0.627. The van der Waals surface area contributed by atoms with Crippen LogP contribution >= 0.6 is 0 Å². The molecule has 0 fully saturated rings. The van der Waals surface area contributed by atoms with E-state index < -0.39 is 12.1 Å². The first-order valence-corrected chi connectivity index (χ1v) is 33.0. The van der Waals surface area contributed by atoms with Gasteiger partial charge in [-0.3, -0.25) is 9.59 Å². The molecule has 2 unspecified atom stereocenters. The molecule has 0 aliphatic carbocycles. The van der Waals surface area contributed by atoms with E-state index in [1.54, 1.807) is 6.08 Å². The van der Waals surface area contributed by atoms with Gasteiger partial charge in [0.1, 0.15) is 0 Å². The fourth-order valence-corrected chi connectivity index (χ4v) is 10.5. The fourth-order valence-electron chi connectivity index (χ4n) is 10.5. The zero-order chi connectivity index (χ0) is 52.2. The van der Waals surface area contributed by atoms with Crippen molar-refractivity contribution in [3.63, 3.8) is 0 Å². The van der Waals surface area contributed by atoms with Crippen molar-refractivity contribution >= 4 is 11.9 Å². The number of rotatable bonds is 62. The maximum Gasteiger partial charge on any atom is 0.305 e. The molecule has 0 saturated heterocycles. The van der Waals surface area contributed by atoms with Gasteiger partial charge in [-0.15, -0.1) is 0 Å². The van der Waals surface area contributed by atoms with Gasteiger partial charge in [-0.05, 0) is 32.1 Å². The van der Waals surface area contributed by atoms with E-state index in [4.69, 9.17) is 4.74 Å². The Bertz CT molecular complexity index is 1080. The highest BCUT2D eigenvalue weighted by molar-refractivity contribution is 5.76. The Morgan fingerprint density at radius 2 is 0.639 bits per heavy atom. The summed E-state index contributed by atoms with van der Waals surface area (Å²) < 4.78 is 5.49. The number of allylic oxidation sites excluding steroid dienone is 1. The highest BCUT2D eigenvalue weighted by atomic mass is 16.5. The van der Waals surface area contributed by atoms with Gasteiger partial charge in [-0.25, -0.2) is 0 Å². The van der Waals surface area contributed by atoms with Gasteiger partial charge in [0, 0.05) is 12.8 Å². The van der Waals surface area contributed by atoms with E-state index in [0.717, 1.165) is 38.5 Å². The molecule has 72 heavy (non-hydrogen) atoms. The van der Waals surface area contributed by atoms with Gasteiger partial charge in [0.25, 0.3) is 0 Å². The summed E-state index contributed by atoms with van der Waals surface area (Å²) >= 11 is 0. The number of unbranched alkanes of at least 4 members (excludes halogenated alkanes) is 51. The molecule has 6 nitrogen and oxygen atoms in total. The molecule has 0 bridgehead atoms. The molecule has 0 spiro atoms. The average Bonchev–Trinajstić information content (AvgIpc) is 3.38. The summed E-state index contributed by atoms with van der Waals surface area (Å²) in [4.78, 5) is 24.6. The molecule has 2 atom stereocenters. The number of nitrogens with one attached hydrogen (secondary N) is 1. The van der Waals surface area contributed by atoms with Crippen LogP contribution in [0.1, 0.15) is 373 Å². The third-order valence-corrected chi connectivity index (χ3v) is 15.6. The quantitative estimate of drug-likeness (QED) is 0.0320. The van der Waals surface area contributed by atoms with Crippen LogP contribution in [-0.2, 0) is 14.3 Å². The van der Waals surface area contributed by atoms with Gasteiger partial charge in [-0.1, -0.05) is 341 Å². The van der Waals surface area contributed by atoms with Gasteiger partial charge in [-0.2, -0.15) is 0 Å². The van der Waals surface area contributed by atoms with Gasteiger partial charge >= 0.3 is 5.97 Å². The molecule has 0 aliphatic rings. The maximum absolute atomic E-state index is 12.5. The average molecular weight is 1020 g/mol. The lowest BCUT2D eigenvalue weighted by Crippen LogP contribution is -2.45. The van der Waals surface area contributed by atoms with E-state index >= 15 is 0 Å². The summed E-state index contributed by atoms with van der Waals surface area (Å²) in [5.74, 6) is -0.0481. The molecular weight excluding hydrogens is 887 g/mol. The molecule has 6 heteroatoms. The Morgan fingerprint density at radius 1 is 0.375 bits per heavy atom. The molecule has 0 aliphatic heterocycles. The number of amides is 1. The van der Waals surface area contributed by atoms with Gasteiger partial charge in [0.15, 0.2) is 0 Å². The van der Waals surface area contributed by atoms with Crippen molar-refractivity contribution < 1.29 is 24.5 Å². The Hall–Kier alpha value is -1.40. The van der Waals surface area contributed by atoms with Crippen LogP contribution in [0.3, 0.4) is 0 Å². The third kappa shape index (κ3) is 57.9. The van der Waals surface area contributed by atoms with Crippen molar-refractivity contribution in [3.8, 4) is 0 Å². The normalized spacial score (nSPS) is 12.6. The highest BCUT2D eigenvalue weighted by Gasteiger charge is 2.18. The lowest BCUT2D eigenvalue weighted by atomic mass is 10.0. The number of aliphatic hydroxyl groups excluding tert-OH is 2. The van der Waals surface area contributed by atoms with Crippen LogP contribution in [0.5, 0.6) is 0 Å². The summed E-state index contributed by atoms with van der Waals surface area (Å²) in [5.41, 5.74) is 0. The molecule has 0 heterocycles. The first kappa shape index (κ1) is 70.6. The van der Waals surface area contributed by atoms with Crippen molar-refractivity contribution in [2.75, 3.05) is 13.2 Å². The van der Waals surface area contributed by atoms with Crippen molar-refractivity contribution in [3.05, 3.63) is 12.2 Å². The Kier molecular flexibility index (Phi) is 60.9. The van der Waals surface area contributed by atoms with E-state index in [9.17, 15) is 19.8 Å². The van der Waals surface area contributed by atoms with Gasteiger partial charge in [0.05, 0.1) is 25.4 Å². The first-order chi connectivity index (χ1) is 35.5. The molecule has 0 aromatic rings. The predicted octanol–water partition coefficient (Wildman–Crippen LogP) is 20.8. The van der Waals surface area contributed by atoms with Crippen LogP contribution in [0.15, 0.2) is 12.2 Å². The maximum atomic E-state index is 12.5. The highest BCUT2D eigenvalue weighted by Crippen LogP contribution is 2.19. The summed E-state index contributed by atoms with van der Waals surface area (Å²) in [6.07, 6.45) is 75.5. The van der Waals surface area contributed by atoms with Crippen LogP contribution in [0.4, 0.5) is 0 Å². The molecule has 428 valence electrons. The van der Waals surface area contributed by atoms with E-state index in [2.05, 4.69) is 19.2 Å². The molecule has 0 aromatic heterocycles. The van der Waals surface area contributed by atoms with Crippen LogP contribution in [-0.4, -0.2) is 47.4 Å². The van der Waals surface area contributed by atoms with E-state index in [-0.39, 0.29) is 18.5 Å². The number of esters is 1. The molecule has 0 radical (unpaired) electrons. The third-order valence-electron chi connectivity index (χ3n) is 15.6. The number of hydrogen-bond acceptors (Lipinski definition) is 5. The monoisotopic (exact) mass is 1020 g/mol. The summed E-state index contributed by atoms with van der Waals surface area (Å²) in [5, 5.41) is 23.2. The SMILES string of the molecule is CCCCCCCCCCCCCCCCCC/C=C/C(O)C(CO)NC(=O)CCCCCCCCCCCCCCCCCCCCCCCCOC(=O)CCCCCCCCCCCCCCCCC. The lowest BCUT2D eigenvalue weighted by Gasteiger charge is -2.20. The van der Waals surface area contributed by atoms with Crippen LogP contribution < -0.4 is 5.32 Å². The molecule has 0 aromatic carbocycles. The summed E-state index contributed by atoms with van der Waals surface area (Å²) in [6.45, 7) is 4.94. The van der Waals surface area contributed by atoms with Crippen LogP contribution in [0.25, 0.3) is 0 Å². The molecule has 3 N–H and O–H groups in total. The lowest BCUT2D eigenvalue weighted by molar-refractivity contribution is -0.143. The predicted molar refractivity (Wildman–Crippen MR) is 315 cm³/mol. The number of carbonyl (C=O) groups excluding carboxylic acids is 2.